The molecular weight excluding hydrogens is 288 g/mol. The number of carbonyl (C=O) groups is 1. The Morgan fingerprint density at radius 1 is 1.24 bits per heavy atom. The average Bonchev–Trinajstić information content (AvgIpc) is 3.20. The van der Waals surface area contributed by atoms with Crippen LogP contribution in [0.25, 0.3) is 0 Å². The summed E-state index contributed by atoms with van der Waals surface area (Å²) in [5.41, 5.74) is 0. The van der Waals surface area contributed by atoms with Gasteiger partial charge in [0.25, 0.3) is 0 Å². The molecule has 6 heteroatoms. The predicted octanol–water partition coefficient (Wildman–Crippen LogP) is 2.11. The molecule has 1 aliphatic rings. The Bertz CT molecular complexity index is 511. The van der Waals surface area contributed by atoms with Crippen molar-refractivity contribution >= 4 is 17.7 Å². The number of thioether (sulfide) groups is 1. The SMILES string of the molecule is O=C(C1CSCCN1)N(Cc1ccco1)Cc1ccco1. The summed E-state index contributed by atoms with van der Waals surface area (Å²) in [5.74, 6) is 3.51. The van der Waals surface area contributed by atoms with E-state index in [9.17, 15) is 4.79 Å². The second-order valence-corrected chi connectivity index (χ2v) is 6.08. The highest BCUT2D eigenvalue weighted by Crippen LogP contribution is 2.16. The van der Waals surface area contributed by atoms with Gasteiger partial charge in [-0.3, -0.25) is 4.79 Å². The summed E-state index contributed by atoms with van der Waals surface area (Å²) in [4.78, 5) is 14.5. The smallest absolute Gasteiger partial charge is 0.241 e. The maximum atomic E-state index is 12.7. The second-order valence-electron chi connectivity index (χ2n) is 4.93. The second kappa shape index (κ2) is 6.87. The average molecular weight is 306 g/mol. The lowest BCUT2D eigenvalue weighted by atomic mass is 10.2. The van der Waals surface area contributed by atoms with Crippen molar-refractivity contribution in [2.75, 3.05) is 18.1 Å². The molecule has 0 aliphatic carbocycles. The molecule has 1 saturated heterocycles. The first-order chi connectivity index (χ1) is 10.3. The van der Waals surface area contributed by atoms with Crippen molar-refractivity contribution in [1.82, 2.24) is 10.2 Å². The summed E-state index contributed by atoms with van der Waals surface area (Å²) < 4.78 is 10.7. The van der Waals surface area contributed by atoms with E-state index in [2.05, 4.69) is 5.32 Å². The molecule has 1 fully saturated rings. The van der Waals surface area contributed by atoms with E-state index in [1.165, 1.54) is 0 Å². The predicted molar refractivity (Wildman–Crippen MR) is 80.8 cm³/mol. The molecule has 1 N–H and O–H groups in total. The van der Waals surface area contributed by atoms with E-state index in [-0.39, 0.29) is 11.9 Å². The quantitative estimate of drug-likeness (QED) is 0.917. The number of nitrogens with zero attached hydrogens (tertiary/aromatic N) is 1. The van der Waals surface area contributed by atoms with Crippen molar-refractivity contribution in [2.24, 2.45) is 0 Å². The zero-order valence-electron chi connectivity index (χ0n) is 11.7. The van der Waals surface area contributed by atoms with Crippen LogP contribution in [0.4, 0.5) is 0 Å². The van der Waals surface area contributed by atoms with Crippen LogP contribution in [-0.2, 0) is 17.9 Å². The molecule has 0 spiro atoms. The summed E-state index contributed by atoms with van der Waals surface area (Å²) >= 11 is 1.81. The van der Waals surface area contributed by atoms with E-state index in [4.69, 9.17) is 8.83 Å². The van der Waals surface area contributed by atoms with Crippen LogP contribution in [0.3, 0.4) is 0 Å². The van der Waals surface area contributed by atoms with Crippen LogP contribution in [0.15, 0.2) is 45.6 Å². The molecular formula is C15H18N2O3S. The van der Waals surface area contributed by atoms with Crippen molar-refractivity contribution < 1.29 is 13.6 Å². The van der Waals surface area contributed by atoms with Crippen LogP contribution in [0.2, 0.25) is 0 Å². The lowest BCUT2D eigenvalue weighted by molar-refractivity contribution is -0.134. The first-order valence-electron chi connectivity index (χ1n) is 6.97. The fraction of sp³-hybridized carbons (Fsp3) is 0.400. The Kier molecular flexibility index (Phi) is 4.67. The lowest BCUT2D eigenvalue weighted by Gasteiger charge is -2.28. The third kappa shape index (κ3) is 3.71. The van der Waals surface area contributed by atoms with Gasteiger partial charge in [0.15, 0.2) is 0 Å². The van der Waals surface area contributed by atoms with Crippen LogP contribution in [0.1, 0.15) is 11.5 Å². The van der Waals surface area contributed by atoms with E-state index in [1.807, 2.05) is 36.0 Å². The maximum Gasteiger partial charge on any atom is 0.241 e. The Balaban J connectivity index is 1.72. The van der Waals surface area contributed by atoms with E-state index < -0.39 is 0 Å². The van der Waals surface area contributed by atoms with Gasteiger partial charge in [-0.1, -0.05) is 0 Å². The van der Waals surface area contributed by atoms with Gasteiger partial charge < -0.3 is 19.1 Å². The van der Waals surface area contributed by atoms with Crippen LogP contribution in [0.5, 0.6) is 0 Å². The first-order valence-corrected chi connectivity index (χ1v) is 8.13. The van der Waals surface area contributed by atoms with Crippen molar-refractivity contribution in [3.05, 3.63) is 48.3 Å². The van der Waals surface area contributed by atoms with E-state index in [0.29, 0.717) is 13.1 Å². The fourth-order valence-electron chi connectivity index (χ4n) is 2.34. The zero-order chi connectivity index (χ0) is 14.5. The first kappa shape index (κ1) is 14.3. The van der Waals surface area contributed by atoms with Crippen molar-refractivity contribution in [2.45, 2.75) is 19.1 Å². The molecule has 0 bridgehead atoms. The minimum atomic E-state index is -0.131. The molecule has 0 aromatic carbocycles. The van der Waals surface area contributed by atoms with Crippen molar-refractivity contribution in [3.63, 3.8) is 0 Å². The molecule has 3 rings (SSSR count). The summed E-state index contributed by atoms with van der Waals surface area (Å²) in [5, 5.41) is 3.29. The standard InChI is InChI=1S/C15H18N2O3S/c18-15(14-11-21-8-5-16-14)17(9-12-3-1-6-19-12)10-13-4-2-7-20-13/h1-4,6-7,14,16H,5,8-11H2. The summed E-state index contributed by atoms with van der Waals surface area (Å²) in [6, 6.07) is 7.30. The van der Waals surface area contributed by atoms with Gasteiger partial charge in [-0.25, -0.2) is 0 Å². The summed E-state index contributed by atoms with van der Waals surface area (Å²) in [7, 11) is 0. The topological polar surface area (TPSA) is 58.6 Å². The normalized spacial score (nSPS) is 18.6. The summed E-state index contributed by atoms with van der Waals surface area (Å²) in [6.07, 6.45) is 3.25. The highest BCUT2D eigenvalue weighted by molar-refractivity contribution is 7.99. The number of carbonyl (C=O) groups excluding carboxylic acids is 1. The molecule has 1 amide bonds. The van der Waals surface area contributed by atoms with Gasteiger partial charge in [-0.15, -0.1) is 0 Å². The van der Waals surface area contributed by atoms with E-state index in [0.717, 1.165) is 29.6 Å². The van der Waals surface area contributed by atoms with Crippen LogP contribution < -0.4 is 5.32 Å². The molecule has 3 heterocycles. The molecule has 112 valence electrons. The molecule has 2 aromatic heterocycles. The third-order valence-electron chi connectivity index (χ3n) is 3.39. The van der Waals surface area contributed by atoms with Gasteiger partial charge in [0.2, 0.25) is 5.91 Å². The molecule has 1 atom stereocenters. The monoisotopic (exact) mass is 306 g/mol. The summed E-state index contributed by atoms with van der Waals surface area (Å²) in [6.45, 7) is 1.78. The minimum absolute atomic E-state index is 0.0926. The largest absolute Gasteiger partial charge is 0.467 e. The van der Waals surface area contributed by atoms with Crippen LogP contribution in [0, 0.1) is 0 Å². The molecule has 1 aliphatic heterocycles. The van der Waals surface area contributed by atoms with Gasteiger partial charge in [-0.05, 0) is 24.3 Å². The molecule has 0 saturated carbocycles. The Hall–Kier alpha value is -1.66. The lowest BCUT2D eigenvalue weighted by Crippen LogP contribution is -2.50. The number of nitrogens with one attached hydrogen (secondary N) is 1. The van der Waals surface area contributed by atoms with Gasteiger partial charge in [0, 0.05) is 18.1 Å². The van der Waals surface area contributed by atoms with E-state index >= 15 is 0 Å². The van der Waals surface area contributed by atoms with Gasteiger partial charge >= 0.3 is 0 Å². The number of amides is 1. The molecule has 21 heavy (non-hydrogen) atoms. The van der Waals surface area contributed by atoms with Gasteiger partial charge in [-0.2, -0.15) is 11.8 Å². The zero-order valence-corrected chi connectivity index (χ0v) is 12.5. The Labute approximate surface area is 127 Å². The maximum absolute atomic E-state index is 12.7. The number of hydrogen-bond donors (Lipinski definition) is 1. The van der Waals surface area contributed by atoms with Crippen molar-refractivity contribution in [1.29, 1.82) is 0 Å². The van der Waals surface area contributed by atoms with Gasteiger partial charge in [0.05, 0.1) is 31.7 Å². The highest BCUT2D eigenvalue weighted by atomic mass is 32.2. The number of rotatable bonds is 5. The van der Waals surface area contributed by atoms with Gasteiger partial charge in [0.1, 0.15) is 11.5 Å². The van der Waals surface area contributed by atoms with Crippen molar-refractivity contribution in [3.8, 4) is 0 Å². The molecule has 2 aromatic rings. The molecule has 0 radical (unpaired) electrons. The third-order valence-corrected chi connectivity index (χ3v) is 4.45. The Morgan fingerprint density at radius 2 is 1.90 bits per heavy atom. The minimum Gasteiger partial charge on any atom is -0.467 e. The fourth-order valence-corrected chi connectivity index (χ4v) is 3.26. The number of hydrogen-bond acceptors (Lipinski definition) is 5. The van der Waals surface area contributed by atoms with Crippen LogP contribution in [-0.4, -0.2) is 34.9 Å². The van der Waals surface area contributed by atoms with E-state index in [1.54, 1.807) is 17.4 Å². The van der Waals surface area contributed by atoms with Crippen LogP contribution >= 0.6 is 11.8 Å². The molecule has 1 unspecified atom stereocenters. The highest BCUT2D eigenvalue weighted by Gasteiger charge is 2.27. The Morgan fingerprint density at radius 3 is 2.38 bits per heavy atom. The number of furan rings is 2. The molecule has 5 nitrogen and oxygen atoms in total.